The molecule has 182 valence electrons. The molecular formula is C23H26ClFN4O5. The van der Waals surface area contributed by atoms with Gasteiger partial charge < -0.3 is 19.5 Å². The highest BCUT2D eigenvalue weighted by Crippen LogP contribution is 2.35. The quantitative estimate of drug-likeness (QED) is 0.180. The molecule has 3 N–H and O–H groups in total. The van der Waals surface area contributed by atoms with Crippen LogP contribution in [0.25, 0.3) is 10.9 Å². The second-order valence-electron chi connectivity index (χ2n) is 7.33. The molecule has 0 atom stereocenters. The zero-order chi connectivity index (χ0) is 24.3. The van der Waals surface area contributed by atoms with Crippen LogP contribution in [0.1, 0.15) is 25.7 Å². The molecule has 0 bridgehead atoms. The van der Waals surface area contributed by atoms with Crippen molar-refractivity contribution in [3.05, 3.63) is 47.5 Å². The van der Waals surface area contributed by atoms with Crippen LogP contribution in [0.2, 0.25) is 5.02 Å². The molecule has 2 aromatic carbocycles. The van der Waals surface area contributed by atoms with Crippen molar-refractivity contribution in [1.29, 1.82) is 0 Å². The van der Waals surface area contributed by atoms with Crippen LogP contribution >= 0.6 is 11.6 Å². The molecule has 0 aliphatic carbocycles. The number of amides is 1. The number of nitrogens with one attached hydrogen (secondary N) is 2. The molecule has 34 heavy (non-hydrogen) atoms. The topological polar surface area (TPSA) is 115 Å². The number of carbonyl (C=O) groups is 1. The average Bonchev–Trinajstić information content (AvgIpc) is 2.84. The van der Waals surface area contributed by atoms with Crippen molar-refractivity contribution < 1.29 is 28.6 Å². The van der Waals surface area contributed by atoms with Crippen molar-refractivity contribution in [2.24, 2.45) is 0 Å². The first kappa shape index (κ1) is 25.4. The molecule has 0 saturated heterocycles. The molecule has 1 amide bonds. The fourth-order valence-corrected chi connectivity index (χ4v) is 3.32. The van der Waals surface area contributed by atoms with Crippen LogP contribution in [0, 0.1) is 5.82 Å². The summed E-state index contributed by atoms with van der Waals surface area (Å²) in [6.45, 7) is 1.13. The van der Waals surface area contributed by atoms with E-state index in [1.165, 1.54) is 18.5 Å². The summed E-state index contributed by atoms with van der Waals surface area (Å²) in [4.78, 5) is 19.7. The third-order valence-electron chi connectivity index (χ3n) is 4.86. The number of carbonyl (C=O) groups excluding carboxylic acids is 1. The summed E-state index contributed by atoms with van der Waals surface area (Å²) < 4.78 is 30.4. The third kappa shape index (κ3) is 7.14. The lowest BCUT2D eigenvalue weighted by atomic mass is 10.2. The molecule has 0 spiro atoms. The van der Waals surface area contributed by atoms with E-state index in [0.717, 1.165) is 12.8 Å². The van der Waals surface area contributed by atoms with Crippen LogP contribution in [0.4, 0.5) is 15.9 Å². The number of hydrogen-bond donors (Lipinski definition) is 3. The van der Waals surface area contributed by atoms with E-state index >= 15 is 0 Å². The monoisotopic (exact) mass is 492 g/mol. The lowest BCUT2D eigenvalue weighted by Crippen LogP contribution is -2.17. The first-order valence-electron chi connectivity index (χ1n) is 10.7. The van der Waals surface area contributed by atoms with Crippen LogP contribution in [0.3, 0.4) is 0 Å². The Bertz CT molecular complexity index is 1120. The fourth-order valence-electron chi connectivity index (χ4n) is 3.14. The molecule has 0 saturated carbocycles. The van der Waals surface area contributed by atoms with Crippen LogP contribution in [-0.4, -0.2) is 48.0 Å². The van der Waals surface area contributed by atoms with Gasteiger partial charge in [0.25, 0.3) is 0 Å². The molecule has 0 unspecified atom stereocenters. The summed E-state index contributed by atoms with van der Waals surface area (Å²) in [6, 6.07) is 7.85. The lowest BCUT2D eigenvalue weighted by Gasteiger charge is -2.15. The Morgan fingerprint density at radius 3 is 2.62 bits per heavy atom. The standard InChI is InChI=1S/C23H26ClFN4O5/c1-32-9-10-34-20-12-16-19(13-21(20)33-8-4-2-3-5-22(30)29-31)26-14-27-23(16)28-15-6-7-18(25)17(24)11-15/h6-7,11-14,31H,2-5,8-10H2,1H3,(H,29,30)(H,26,27,28). The summed E-state index contributed by atoms with van der Waals surface area (Å²) in [5.41, 5.74) is 2.82. The van der Waals surface area contributed by atoms with E-state index in [1.54, 1.807) is 30.8 Å². The second kappa shape index (κ2) is 12.9. The Morgan fingerprint density at radius 1 is 1.06 bits per heavy atom. The molecule has 0 radical (unpaired) electrons. The highest BCUT2D eigenvalue weighted by molar-refractivity contribution is 6.31. The highest BCUT2D eigenvalue weighted by atomic mass is 35.5. The molecule has 1 heterocycles. The Labute approximate surface area is 201 Å². The molecule has 0 fully saturated rings. The van der Waals surface area contributed by atoms with Crippen LogP contribution in [0.5, 0.6) is 11.5 Å². The van der Waals surface area contributed by atoms with Gasteiger partial charge in [-0.3, -0.25) is 10.0 Å². The SMILES string of the molecule is COCCOc1cc2c(Nc3ccc(F)c(Cl)c3)ncnc2cc1OCCCCCC(=O)NO. The number of nitrogens with zero attached hydrogens (tertiary/aromatic N) is 2. The van der Waals surface area contributed by atoms with E-state index in [4.69, 9.17) is 31.0 Å². The highest BCUT2D eigenvalue weighted by Gasteiger charge is 2.13. The summed E-state index contributed by atoms with van der Waals surface area (Å²) in [6.07, 6.45) is 3.79. The van der Waals surface area contributed by atoms with Gasteiger partial charge in [-0.25, -0.2) is 19.8 Å². The smallest absolute Gasteiger partial charge is 0.243 e. The first-order chi connectivity index (χ1) is 16.5. The molecule has 9 nitrogen and oxygen atoms in total. The number of ether oxygens (including phenoxy) is 3. The van der Waals surface area contributed by atoms with Gasteiger partial charge in [-0.2, -0.15) is 0 Å². The zero-order valence-corrected chi connectivity index (χ0v) is 19.4. The molecular weight excluding hydrogens is 467 g/mol. The molecule has 11 heteroatoms. The van der Waals surface area contributed by atoms with Crippen molar-refractivity contribution in [2.45, 2.75) is 25.7 Å². The van der Waals surface area contributed by atoms with Crippen molar-refractivity contribution in [1.82, 2.24) is 15.4 Å². The lowest BCUT2D eigenvalue weighted by molar-refractivity contribution is -0.129. The maximum absolute atomic E-state index is 13.5. The number of anilines is 2. The summed E-state index contributed by atoms with van der Waals surface area (Å²) >= 11 is 5.89. The van der Waals surface area contributed by atoms with Gasteiger partial charge in [0.05, 0.1) is 23.8 Å². The fraction of sp³-hybridized carbons (Fsp3) is 0.348. The largest absolute Gasteiger partial charge is 0.490 e. The van der Waals surface area contributed by atoms with Gasteiger partial charge in [0.15, 0.2) is 11.5 Å². The molecule has 3 rings (SSSR count). The number of methoxy groups -OCH3 is 1. The number of hydrogen-bond acceptors (Lipinski definition) is 8. The van der Waals surface area contributed by atoms with Gasteiger partial charge in [-0.15, -0.1) is 0 Å². The zero-order valence-electron chi connectivity index (χ0n) is 18.6. The Hall–Kier alpha value is -3.21. The molecule has 0 aliphatic heterocycles. The Balaban J connectivity index is 1.77. The number of halogens is 2. The van der Waals surface area contributed by atoms with E-state index in [0.29, 0.717) is 60.1 Å². The molecule has 0 aliphatic rings. The predicted molar refractivity (Wildman–Crippen MR) is 125 cm³/mol. The van der Waals surface area contributed by atoms with Gasteiger partial charge in [0, 0.05) is 30.7 Å². The Kier molecular flexibility index (Phi) is 9.62. The second-order valence-corrected chi connectivity index (χ2v) is 7.73. The maximum Gasteiger partial charge on any atom is 0.243 e. The number of aromatic nitrogens is 2. The van der Waals surface area contributed by atoms with Crippen molar-refractivity contribution in [2.75, 3.05) is 32.2 Å². The minimum Gasteiger partial charge on any atom is -0.490 e. The first-order valence-corrected chi connectivity index (χ1v) is 11.1. The van der Waals surface area contributed by atoms with E-state index in [2.05, 4.69) is 15.3 Å². The predicted octanol–water partition coefficient (Wildman–Crippen LogP) is 4.64. The van der Waals surface area contributed by atoms with Gasteiger partial charge >= 0.3 is 0 Å². The van der Waals surface area contributed by atoms with E-state index in [9.17, 15) is 9.18 Å². The van der Waals surface area contributed by atoms with Gasteiger partial charge in [0.2, 0.25) is 5.91 Å². The van der Waals surface area contributed by atoms with Crippen molar-refractivity contribution in [3.8, 4) is 11.5 Å². The third-order valence-corrected chi connectivity index (χ3v) is 5.15. The van der Waals surface area contributed by atoms with Crippen molar-refractivity contribution in [3.63, 3.8) is 0 Å². The normalized spacial score (nSPS) is 10.8. The van der Waals surface area contributed by atoms with Gasteiger partial charge in [0.1, 0.15) is 24.6 Å². The number of fused-ring (bicyclic) bond motifs is 1. The number of hydroxylamine groups is 1. The van der Waals surface area contributed by atoms with Gasteiger partial charge in [-0.1, -0.05) is 11.6 Å². The average molecular weight is 493 g/mol. The summed E-state index contributed by atoms with van der Waals surface area (Å²) in [5, 5.41) is 12.3. The van der Waals surface area contributed by atoms with Crippen LogP contribution in [-0.2, 0) is 9.53 Å². The van der Waals surface area contributed by atoms with Crippen LogP contribution in [0.15, 0.2) is 36.7 Å². The van der Waals surface area contributed by atoms with E-state index < -0.39 is 11.7 Å². The Morgan fingerprint density at radius 2 is 1.85 bits per heavy atom. The summed E-state index contributed by atoms with van der Waals surface area (Å²) in [5.74, 6) is 0.603. The number of rotatable bonds is 13. The number of benzene rings is 2. The molecule has 1 aromatic heterocycles. The minimum absolute atomic E-state index is 0.000347. The minimum atomic E-state index is -0.507. The van der Waals surface area contributed by atoms with Gasteiger partial charge in [-0.05, 0) is 43.5 Å². The van der Waals surface area contributed by atoms with E-state index in [-0.39, 0.29) is 11.4 Å². The van der Waals surface area contributed by atoms with E-state index in [1.807, 2.05) is 0 Å². The van der Waals surface area contributed by atoms with Crippen molar-refractivity contribution >= 4 is 39.9 Å². The number of unbranched alkanes of at least 4 members (excludes halogenated alkanes) is 2. The maximum atomic E-state index is 13.5. The summed E-state index contributed by atoms with van der Waals surface area (Å²) in [7, 11) is 1.59. The molecule has 3 aromatic rings. The van der Waals surface area contributed by atoms with Crippen LogP contribution < -0.4 is 20.3 Å².